The predicted octanol–water partition coefficient (Wildman–Crippen LogP) is 3.91. The molecule has 10 heteroatoms. The summed E-state index contributed by atoms with van der Waals surface area (Å²) in [5.74, 6) is 0.388. The molecule has 2 N–H and O–H groups in total. The highest BCUT2D eigenvalue weighted by atomic mass is 35.5. The fraction of sp³-hybridized carbons (Fsp3) is 0.421. The Labute approximate surface area is 176 Å². The molecule has 1 aromatic carbocycles. The van der Waals surface area contributed by atoms with Crippen molar-refractivity contribution in [1.82, 2.24) is 10.2 Å². The summed E-state index contributed by atoms with van der Waals surface area (Å²) in [7, 11) is 0. The fourth-order valence-electron chi connectivity index (χ4n) is 2.75. The highest BCUT2D eigenvalue weighted by Gasteiger charge is 2.24. The van der Waals surface area contributed by atoms with E-state index >= 15 is 0 Å². The Balaban J connectivity index is 1.81. The van der Waals surface area contributed by atoms with Crippen molar-refractivity contribution >= 4 is 35.3 Å². The second kappa shape index (κ2) is 9.89. The molecule has 1 aromatic heterocycles. The average molecular weight is 441 g/mol. The molecule has 1 aliphatic rings. The highest BCUT2D eigenvalue weighted by Crippen LogP contribution is 2.38. The van der Waals surface area contributed by atoms with E-state index in [4.69, 9.17) is 30.9 Å². The molecule has 156 valence electrons. The number of aromatic amines is 1. The molecule has 3 rings (SSSR count). The van der Waals surface area contributed by atoms with Crippen LogP contribution in [0.2, 0.25) is 5.02 Å². The zero-order valence-corrected chi connectivity index (χ0v) is 17.4. The minimum absolute atomic E-state index is 0.0622. The summed E-state index contributed by atoms with van der Waals surface area (Å²) < 4.78 is 16.0. The Bertz CT molecular complexity index is 901. The van der Waals surface area contributed by atoms with Crippen molar-refractivity contribution in [3.63, 3.8) is 0 Å². The van der Waals surface area contributed by atoms with Gasteiger partial charge in [-0.3, -0.25) is 9.89 Å². The molecule has 1 aliphatic heterocycles. The Hall–Kier alpha value is -2.39. The Morgan fingerprint density at radius 2 is 2.10 bits per heavy atom. The van der Waals surface area contributed by atoms with Crippen LogP contribution >= 0.6 is 23.4 Å². The summed E-state index contributed by atoms with van der Waals surface area (Å²) >= 11 is 7.69. The van der Waals surface area contributed by atoms with Gasteiger partial charge in [0, 0.05) is 29.7 Å². The number of rotatable bonds is 10. The third-order valence-corrected chi connectivity index (χ3v) is 5.55. The Morgan fingerprint density at radius 1 is 1.34 bits per heavy atom. The number of nitrogens with zero attached hydrogens (tertiary/aromatic N) is 1. The van der Waals surface area contributed by atoms with E-state index in [1.165, 1.54) is 11.8 Å². The van der Waals surface area contributed by atoms with Gasteiger partial charge in [-0.05, 0) is 24.5 Å². The molecule has 0 bridgehead atoms. The lowest BCUT2D eigenvalue weighted by Crippen LogP contribution is -2.09. The minimum Gasteiger partial charge on any atom is -0.481 e. The summed E-state index contributed by atoms with van der Waals surface area (Å²) in [6.07, 6.45) is 1.56. The van der Waals surface area contributed by atoms with Gasteiger partial charge in [0.2, 0.25) is 6.79 Å². The monoisotopic (exact) mass is 440 g/mol. The van der Waals surface area contributed by atoms with Gasteiger partial charge in [0.05, 0.1) is 12.3 Å². The fourth-order valence-corrected chi connectivity index (χ4v) is 3.91. The molecule has 0 saturated carbocycles. The number of hydrogen-bond acceptors (Lipinski definition) is 7. The van der Waals surface area contributed by atoms with Gasteiger partial charge in [-0.25, -0.2) is 4.79 Å². The third-order valence-electron chi connectivity index (χ3n) is 4.13. The number of halogens is 1. The number of fused-ring (bicyclic) bond motifs is 1. The number of aliphatic carboxylic acids is 1. The maximum atomic E-state index is 12.6. The van der Waals surface area contributed by atoms with Gasteiger partial charge in [-0.1, -0.05) is 18.5 Å². The first-order valence-electron chi connectivity index (χ1n) is 9.16. The first-order valence-corrected chi connectivity index (χ1v) is 10.5. The van der Waals surface area contributed by atoms with Crippen LogP contribution in [-0.2, 0) is 16.0 Å². The lowest BCUT2D eigenvalue weighted by atomic mass is 10.1. The maximum absolute atomic E-state index is 12.6. The van der Waals surface area contributed by atoms with Crippen molar-refractivity contribution in [2.75, 3.05) is 19.2 Å². The third kappa shape index (κ3) is 5.36. The van der Waals surface area contributed by atoms with E-state index in [9.17, 15) is 9.59 Å². The molecule has 0 atom stereocenters. The van der Waals surface area contributed by atoms with Crippen molar-refractivity contribution in [2.45, 2.75) is 37.6 Å². The molecule has 0 unspecified atom stereocenters. The van der Waals surface area contributed by atoms with E-state index in [0.717, 1.165) is 5.56 Å². The van der Waals surface area contributed by atoms with Crippen LogP contribution in [0.1, 0.15) is 47.8 Å². The molecule has 0 fully saturated rings. The molecule has 0 aliphatic carbocycles. The van der Waals surface area contributed by atoms with Gasteiger partial charge in [0.15, 0.2) is 11.5 Å². The molecule has 0 amide bonds. The highest BCUT2D eigenvalue weighted by molar-refractivity contribution is 7.99. The van der Waals surface area contributed by atoms with Crippen LogP contribution in [0.4, 0.5) is 0 Å². The molecule has 2 aromatic rings. The van der Waals surface area contributed by atoms with Crippen molar-refractivity contribution in [3.8, 4) is 11.5 Å². The molecule has 0 radical (unpaired) electrons. The largest absolute Gasteiger partial charge is 0.481 e. The number of hydrogen-bond donors (Lipinski definition) is 2. The molecule has 8 nitrogen and oxygen atoms in total. The number of nitrogens with one attached hydrogen (secondary N) is 1. The summed E-state index contributed by atoms with van der Waals surface area (Å²) in [6.45, 7) is 2.36. The van der Waals surface area contributed by atoms with E-state index in [2.05, 4.69) is 10.2 Å². The number of carbonyl (C=O) groups excluding carboxylic acids is 1. The first-order chi connectivity index (χ1) is 14.0. The van der Waals surface area contributed by atoms with E-state index in [-0.39, 0.29) is 13.2 Å². The lowest BCUT2D eigenvalue weighted by Gasteiger charge is -2.08. The quantitative estimate of drug-likeness (QED) is 0.325. The number of thioether (sulfide) groups is 1. The standard InChI is InChI=1S/C19H21ClN2O6S/c1-2-5-26-19(25)17-13(21-22-18(17)29-6-3-4-16(23)24)7-11-8-14-15(9-12(11)20)28-10-27-14/h8-9H,2-7,10H2,1H3,(H,21,22)(H,23,24). The van der Waals surface area contributed by atoms with E-state index in [1.807, 2.05) is 6.92 Å². The van der Waals surface area contributed by atoms with Crippen LogP contribution in [0.15, 0.2) is 17.2 Å². The average Bonchev–Trinajstić information content (AvgIpc) is 3.30. The van der Waals surface area contributed by atoms with Gasteiger partial charge < -0.3 is 19.3 Å². The number of ether oxygens (including phenoxy) is 3. The first kappa shape index (κ1) is 21.3. The second-order valence-electron chi connectivity index (χ2n) is 6.34. The second-order valence-corrected chi connectivity index (χ2v) is 7.83. The van der Waals surface area contributed by atoms with Crippen LogP contribution in [0, 0.1) is 0 Å². The van der Waals surface area contributed by atoms with Crippen LogP contribution in [0.3, 0.4) is 0 Å². The SMILES string of the molecule is CCCOC(=O)c1c(SCCCC(=O)O)n[nH]c1Cc1cc2c(cc1Cl)OCO2. The molecule has 0 saturated heterocycles. The number of benzene rings is 1. The predicted molar refractivity (Wildman–Crippen MR) is 107 cm³/mol. The summed E-state index contributed by atoms with van der Waals surface area (Å²) in [4.78, 5) is 23.3. The molecule has 2 heterocycles. The van der Waals surface area contributed by atoms with Gasteiger partial charge in [0.25, 0.3) is 0 Å². The van der Waals surface area contributed by atoms with Crippen molar-refractivity contribution in [2.24, 2.45) is 0 Å². The van der Waals surface area contributed by atoms with Gasteiger partial charge in [-0.15, -0.1) is 11.8 Å². The van der Waals surface area contributed by atoms with E-state index in [0.29, 0.717) is 64.4 Å². The zero-order chi connectivity index (χ0) is 20.8. The Kier molecular flexibility index (Phi) is 7.27. The Morgan fingerprint density at radius 3 is 2.83 bits per heavy atom. The number of aromatic nitrogens is 2. The molecular weight excluding hydrogens is 420 g/mol. The molecular formula is C19H21ClN2O6S. The van der Waals surface area contributed by atoms with Crippen molar-refractivity contribution in [1.29, 1.82) is 0 Å². The lowest BCUT2D eigenvalue weighted by molar-refractivity contribution is -0.137. The summed E-state index contributed by atoms with van der Waals surface area (Å²) in [6, 6.07) is 3.47. The van der Waals surface area contributed by atoms with Crippen molar-refractivity contribution in [3.05, 3.63) is 34.0 Å². The van der Waals surface area contributed by atoms with Crippen LogP contribution in [0.25, 0.3) is 0 Å². The molecule has 29 heavy (non-hydrogen) atoms. The number of carbonyl (C=O) groups is 2. The van der Waals surface area contributed by atoms with E-state index in [1.54, 1.807) is 12.1 Å². The minimum atomic E-state index is -0.853. The zero-order valence-electron chi connectivity index (χ0n) is 15.8. The summed E-state index contributed by atoms with van der Waals surface area (Å²) in [5.41, 5.74) is 1.69. The molecule has 0 spiro atoms. The van der Waals surface area contributed by atoms with Crippen LogP contribution < -0.4 is 9.47 Å². The number of carboxylic acids is 1. The summed E-state index contributed by atoms with van der Waals surface area (Å²) in [5, 5.41) is 16.9. The normalized spacial score (nSPS) is 12.2. The number of esters is 1. The smallest absolute Gasteiger partial charge is 0.342 e. The van der Waals surface area contributed by atoms with Crippen LogP contribution in [-0.4, -0.2) is 46.4 Å². The van der Waals surface area contributed by atoms with Gasteiger partial charge in [-0.2, -0.15) is 5.10 Å². The van der Waals surface area contributed by atoms with Gasteiger partial charge in [0.1, 0.15) is 10.6 Å². The topological polar surface area (TPSA) is 111 Å². The maximum Gasteiger partial charge on any atom is 0.342 e. The van der Waals surface area contributed by atoms with Crippen LogP contribution in [0.5, 0.6) is 11.5 Å². The van der Waals surface area contributed by atoms with E-state index < -0.39 is 11.9 Å². The van der Waals surface area contributed by atoms with Gasteiger partial charge >= 0.3 is 11.9 Å². The van der Waals surface area contributed by atoms with Crippen molar-refractivity contribution < 1.29 is 28.9 Å². The number of carboxylic acid groups (broad SMARTS) is 1. The number of H-pyrrole nitrogens is 1.